The van der Waals surface area contributed by atoms with Gasteiger partial charge >= 0.3 is 0 Å². The molecule has 3 unspecified atom stereocenters. The van der Waals surface area contributed by atoms with E-state index >= 15 is 0 Å². The highest BCUT2D eigenvalue weighted by Crippen LogP contribution is 2.38. The van der Waals surface area contributed by atoms with E-state index in [1.807, 2.05) is 54.7 Å². The summed E-state index contributed by atoms with van der Waals surface area (Å²) in [7, 11) is 2.13. The van der Waals surface area contributed by atoms with E-state index in [2.05, 4.69) is 59.4 Å². The molecule has 0 radical (unpaired) electrons. The molecule has 3 atom stereocenters. The summed E-state index contributed by atoms with van der Waals surface area (Å²) >= 11 is 0. The third-order valence-electron chi connectivity index (χ3n) is 7.28. The maximum absolute atomic E-state index is 9.47. The molecule has 1 fully saturated rings. The lowest BCUT2D eigenvalue weighted by atomic mass is 9.99. The van der Waals surface area contributed by atoms with Gasteiger partial charge in [-0.3, -0.25) is 4.98 Å². The molecule has 4 aromatic rings. The van der Waals surface area contributed by atoms with Gasteiger partial charge in [0.15, 0.2) is 6.29 Å². The topological polar surface area (TPSA) is 80.8 Å². The summed E-state index contributed by atoms with van der Waals surface area (Å²) in [5.41, 5.74) is 13.3. The second-order valence-corrected chi connectivity index (χ2v) is 10.2. The molecule has 0 bridgehead atoms. The quantitative estimate of drug-likeness (QED) is 0.289. The van der Waals surface area contributed by atoms with Crippen LogP contribution in [0.15, 0.2) is 97.2 Å². The van der Waals surface area contributed by atoms with Gasteiger partial charge in [0.05, 0.1) is 18.8 Å². The Morgan fingerprint density at radius 2 is 1.67 bits per heavy atom. The Balaban J connectivity index is 1.32. The van der Waals surface area contributed by atoms with Crippen molar-refractivity contribution >= 4 is 0 Å². The van der Waals surface area contributed by atoms with Gasteiger partial charge in [-0.1, -0.05) is 72.8 Å². The number of aliphatic hydroxyl groups is 1. The van der Waals surface area contributed by atoms with Crippen LogP contribution >= 0.6 is 0 Å². The van der Waals surface area contributed by atoms with E-state index in [1.165, 1.54) is 0 Å². The molecule has 0 saturated carbocycles. The second-order valence-electron chi connectivity index (χ2n) is 10.2. The maximum Gasteiger partial charge on any atom is 0.184 e. The first-order chi connectivity index (χ1) is 19.1. The molecule has 5 rings (SSSR count). The van der Waals surface area contributed by atoms with Gasteiger partial charge in [-0.25, -0.2) is 0 Å². The van der Waals surface area contributed by atoms with E-state index in [-0.39, 0.29) is 18.8 Å². The summed E-state index contributed by atoms with van der Waals surface area (Å²) in [5, 5.41) is 9.47. The van der Waals surface area contributed by atoms with Crippen LogP contribution in [0.5, 0.6) is 0 Å². The normalized spacial score (nSPS) is 19.3. The minimum Gasteiger partial charge on any atom is -0.392 e. The largest absolute Gasteiger partial charge is 0.392 e. The summed E-state index contributed by atoms with van der Waals surface area (Å²) in [6.07, 6.45) is 2.91. The van der Waals surface area contributed by atoms with Crippen molar-refractivity contribution in [2.75, 3.05) is 20.1 Å². The Morgan fingerprint density at radius 1 is 0.872 bits per heavy atom. The van der Waals surface area contributed by atoms with Crippen LogP contribution in [-0.2, 0) is 29.0 Å². The molecule has 1 saturated heterocycles. The molecule has 0 aliphatic carbocycles. The molecule has 3 N–H and O–H groups in total. The number of ether oxygens (including phenoxy) is 2. The van der Waals surface area contributed by atoms with Crippen LogP contribution in [0.25, 0.3) is 11.1 Å². The average molecular weight is 524 g/mol. The van der Waals surface area contributed by atoms with Crippen molar-refractivity contribution in [3.8, 4) is 11.1 Å². The van der Waals surface area contributed by atoms with E-state index < -0.39 is 6.29 Å². The molecule has 0 amide bonds. The predicted molar refractivity (Wildman–Crippen MR) is 154 cm³/mol. The van der Waals surface area contributed by atoms with Gasteiger partial charge in [0.25, 0.3) is 0 Å². The number of likely N-dealkylation sites (N-methyl/N-ethyl adjacent to an activating group) is 1. The zero-order valence-corrected chi connectivity index (χ0v) is 22.4. The fourth-order valence-corrected chi connectivity index (χ4v) is 5.03. The number of pyridine rings is 1. The van der Waals surface area contributed by atoms with Crippen LogP contribution in [0.4, 0.5) is 0 Å². The van der Waals surface area contributed by atoms with Crippen LogP contribution in [0.1, 0.15) is 46.8 Å². The number of rotatable bonds is 10. The Labute approximate surface area is 231 Å². The van der Waals surface area contributed by atoms with E-state index in [9.17, 15) is 5.11 Å². The highest BCUT2D eigenvalue weighted by atomic mass is 16.7. The number of nitrogens with two attached hydrogens (primary N) is 1. The van der Waals surface area contributed by atoms with E-state index in [0.717, 1.165) is 65.0 Å². The first kappa shape index (κ1) is 27.2. The first-order valence-electron chi connectivity index (χ1n) is 13.6. The smallest absolute Gasteiger partial charge is 0.184 e. The fraction of sp³-hybridized carbons (Fsp3) is 0.303. The molecule has 1 aromatic heterocycles. The van der Waals surface area contributed by atoms with Gasteiger partial charge in [0.1, 0.15) is 0 Å². The van der Waals surface area contributed by atoms with Crippen LogP contribution in [-0.4, -0.2) is 41.2 Å². The summed E-state index contributed by atoms with van der Waals surface area (Å²) in [6.45, 7) is 2.24. The highest BCUT2D eigenvalue weighted by molar-refractivity contribution is 5.64. The summed E-state index contributed by atoms with van der Waals surface area (Å²) in [4.78, 5) is 6.76. The third-order valence-corrected chi connectivity index (χ3v) is 7.28. The average Bonchev–Trinajstić information content (AvgIpc) is 3.00. The minimum absolute atomic E-state index is 0.000846. The Bertz CT molecular complexity index is 1310. The molecule has 6 heteroatoms. The number of aliphatic hydroxyl groups excluding tert-OH is 1. The molecule has 202 valence electrons. The molecular weight excluding hydrogens is 486 g/mol. The van der Waals surface area contributed by atoms with Crippen molar-refractivity contribution in [2.24, 2.45) is 5.73 Å². The van der Waals surface area contributed by atoms with E-state index in [4.69, 9.17) is 15.2 Å². The van der Waals surface area contributed by atoms with E-state index in [0.29, 0.717) is 6.54 Å². The predicted octanol–water partition coefficient (Wildman–Crippen LogP) is 5.42. The standard InChI is InChI=1S/C33H37N3O3/c1-36(18-16-30-7-2-3-17-35-30)22-31-20-32(27-10-8-24(23-37)9-11-27)39-33(38-31)28-14-12-26(13-15-28)29-6-4-5-25(19-29)21-34/h2-15,17,19,31-33,37H,16,18,20-23,34H2,1H3. The Kier molecular flexibility index (Phi) is 9.14. The Morgan fingerprint density at radius 3 is 2.38 bits per heavy atom. The van der Waals surface area contributed by atoms with Crippen molar-refractivity contribution in [3.63, 3.8) is 0 Å². The SMILES string of the molecule is CN(CCc1ccccn1)CC1CC(c2ccc(CO)cc2)OC(c2ccc(-c3cccc(CN)c3)cc2)O1. The highest BCUT2D eigenvalue weighted by Gasteiger charge is 2.32. The van der Waals surface area contributed by atoms with Crippen LogP contribution < -0.4 is 5.73 Å². The minimum atomic E-state index is -0.472. The number of hydrogen-bond donors (Lipinski definition) is 2. The number of aromatic nitrogens is 1. The van der Waals surface area contributed by atoms with Crippen molar-refractivity contribution in [2.45, 2.75) is 44.5 Å². The lowest BCUT2D eigenvalue weighted by Crippen LogP contribution is -2.38. The Hall–Kier alpha value is -3.39. The van der Waals surface area contributed by atoms with Gasteiger partial charge in [0, 0.05) is 49.9 Å². The van der Waals surface area contributed by atoms with Crippen molar-refractivity contribution in [1.82, 2.24) is 9.88 Å². The molecule has 0 spiro atoms. The summed E-state index contributed by atoms with van der Waals surface area (Å²) < 4.78 is 13.1. The number of benzene rings is 3. The fourth-order valence-electron chi connectivity index (χ4n) is 5.03. The van der Waals surface area contributed by atoms with Gasteiger partial charge < -0.3 is 25.2 Å². The summed E-state index contributed by atoms with van der Waals surface area (Å²) in [5.74, 6) is 0. The molecule has 3 aromatic carbocycles. The zero-order chi connectivity index (χ0) is 27.0. The lowest BCUT2D eigenvalue weighted by molar-refractivity contribution is -0.252. The van der Waals surface area contributed by atoms with Crippen LogP contribution in [0.3, 0.4) is 0 Å². The first-order valence-corrected chi connectivity index (χ1v) is 13.6. The van der Waals surface area contributed by atoms with Crippen molar-refractivity contribution < 1.29 is 14.6 Å². The van der Waals surface area contributed by atoms with Crippen LogP contribution in [0, 0.1) is 0 Å². The van der Waals surface area contributed by atoms with Crippen LogP contribution in [0.2, 0.25) is 0 Å². The molecule has 6 nitrogen and oxygen atoms in total. The van der Waals surface area contributed by atoms with Crippen molar-refractivity contribution in [1.29, 1.82) is 0 Å². The summed E-state index contributed by atoms with van der Waals surface area (Å²) in [6, 6.07) is 30.8. The molecular formula is C33H37N3O3. The molecule has 39 heavy (non-hydrogen) atoms. The lowest BCUT2D eigenvalue weighted by Gasteiger charge is -2.38. The monoisotopic (exact) mass is 523 g/mol. The van der Waals surface area contributed by atoms with Gasteiger partial charge in [-0.05, 0) is 53.1 Å². The molecule has 2 heterocycles. The number of hydrogen-bond acceptors (Lipinski definition) is 6. The van der Waals surface area contributed by atoms with Gasteiger partial charge in [-0.2, -0.15) is 0 Å². The maximum atomic E-state index is 9.47. The third kappa shape index (κ3) is 7.18. The molecule has 1 aliphatic heterocycles. The number of nitrogens with zero attached hydrogens (tertiary/aromatic N) is 2. The molecule has 1 aliphatic rings. The second kappa shape index (κ2) is 13.1. The van der Waals surface area contributed by atoms with Crippen molar-refractivity contribution in [3.05, 3.63) is 125 Å². The zero-order valence-electron chi connectivity index (χ0n) is 22.4. The van der Waals surface area contributed by atoms with Gasteiger partial charge in [0.2, 0.25) is 0 Å². The van der Waals surface area contributed by atoms with E-state index in [1.54, 1.807) is 0 Å². The van der Waals surface area contributed by atoms with Gasteiger partial charge in [-0.15, -0.1) is 0 Å².